The van der Waals surface area contributed by atoms with E-state index in [2.05, 4.69) is 20.4 Å². The molecule has 4 rings (SSSR count). The number of oxazole rings is 1. The van der Waals surface area contributed by atoms with Crippen molar-refractivity contribution in [3.8, 4) is 22.8 Å². The van der Waals surface area contributed by atoms with Gasteiger partial charge in [-0.05, 0) is 43.3 Å². The van der Waals surface area contributed by atoms with E-state index in [1.54, 1.807) is 31.2 Å². The fourth-order valence-corrected chi connectivity index (χ4v) is 2.85. The van der Waals surface area contributed by atoms with Gasteiger partial charge in [-0.2, -0.15) is 4.98 Å². The third-order valence-electron chi connectivity index (χ3n) is 4.16. The number of aromatic nitrogens is 3. The van der Waals surface area contributed by atoms with Gasteiger partial charge >= 0.3 is 0 Å². The van der Waals surface area contributed by atoms with Crippen molar-refractivity contribution >= 4 is 17.5 Å². The van der Waals surface area contributed by atoms with E-state index in [-0.39, 0.29) is 29.7 Å². The van der Waals surface area contributed by atoms with Crippen LogP contribution in [0.15, 0.2) is 51.4 Å². The van der Waals surface area contributed by atoms with Crippen molar-refractivity contribution in [3.63, 3.8) is 0 Å². The van der Waals surface area contributed by atoms with Crippen molar-refractivity contribution in [2.75, 3.05) is 0 Å². The van der Waals surface area contributed by atoms with Crippen molar-refractivity contribution in [1.82, 2.24) is 20.4 Å². The van der Waals surface area contributed by atoms with Crippen LogP contribution in [0.5, 0.6) is 0 Å². The Morgan fingerprint density at radius 2 is 1.90 bits per heavy atom. The van der Waals surface area contributed by atoms with Crippen molar-refractivity contribution < 1.29 is 22.5 Å². The van der Waals surface area contributed by atoms with Gasteiger partial charge in [0.15, 0.2) is 17.4 Å². The maximum Gasteiger partial charge on any atom is 0.293 e. The van der Waals surface area contributed by atoms with Gasteiger partial charge in [-0.15, -0.1) is 0 Å². The largest absolute Gasteiger partial charge is 0.438 e. The first-order valence-electron chi connectivity index (χ1n) is 8.71. The first-order chi connectivity index (χ1) is 14.4. The zero-order chi connectivity index (χ0) is 21.3. The Hall–Kier alpha value is -3.59. The summed E-state index contributed by atoms with van der Waals surface area (Å²) in [6.45, 7) is 1.74. The molecule has 0 aliphatic heterocycles. The summed E-state index contributed by atoms with van der Waals surface area (Å²) in [5.74, 6) is -2.72. The predicted molar refractivity (Wildman–Crippen MR) is 103 cm³/mol. The minimum atomic E-state index is -1.14. The fourth-order valence-electron chi connectivity index (χ4n) is 2.73. The minimum Gasteiger partial charge on any atom is -0.438 e. The molecule has 1 amide bonds. The van der Waals surface area contributed by atoms with Crippen LogP contribution in [0.1, 0.15) is 22.2 Å². The van der Waals surface area contributed by atoms with E-state index in [9.17, 15) is 13.6 Å². The summed E-state index contributed by atoms with van der Waals surface area (Å²) in [6.07, 6.45) is 0. The lowest BCUT2D eigenvalue weighted by Crippen LogP contribution is -2.24. The molecule has 2 aromatic heterocycles. The standard InChI is InChI=1S/C20H13ClF2N4O3/c1-10-17(11-5-7-12(21)8-6-11)29-15(25-10)9-24-19(28)18-26-20(30-27-18)13-3-2-4-14(22)16(13)23/h2-8H,9H2,1H3,(H,24,28). The fraction of sp³-hybridized carbons (Fsp3) is 0.100. The van der Waals surface area contributed by atoms with Crippen molar-refractivity contribution in [1.29, 1.82) is 0 Å². The molecular formula is C20H13ClF2N4O3. The van der Waals surface area contributed by atoms with Crippen LogP contribution in [0.4, 0.5) is 8.78 Å². The Labute approximate surface area is 173 Å². The second-order valence-corrected chi connectivity index (χ2v) is 6.67. The van der Waals surface area contributed by atoms with Gasteiger partial charge < -0.3 is 14.3 Å². The molecule has 2 heterocycles. The molecule has 0 atom stereocenters. The van der Waals surface area contributed by atoms with E-state index in [1.807, 2.05) is 0 Å². The smallest absolute Gasteiger partial charge is 0.293 e. The van der Waals surface area contributed by atoms with Gasteiger partial charge in [-0.25, -0.2) is 13.8 Å². The number of carbonyl (C=O) groups is 1. The summed E-state index contributed by atoms with van der Waals surface area (Å²) in [5, 5.41) is 6.64. The molecule has 0 bridgehead atoms. The first-order valence-corrected chi connectivity index (χ1v) is 9.08. The lowest BCUT2D eigenvalue weighted by Gasteiger charge is -1.99. The molecule has 2 aromatic carbocycles. The second-order valence-electron chi connectivity index (χ2n) is 6.24. The SMILES string of the molecule is Cc1nc(CNC(=O)c2noc(-c3cccc(F)c3F)n2)oc1-c1ccc(Cl)cc1. The van der Waals surface area contributed by atoms with E-state index in [1.165, 1.54) is 12.1 Å². The second kappa shape index (κ2) is 8.03. The summed E-state index contributed by atoms with van der Waals surface area (Å²) < 4.78 is 37.8. The molecular weight excluding hydrogens is 418 g/mol. The van der Waals surface area contributed by atoms with Gasteiger partial charge in [-0.3, -0.25) is 4.79 Å². The highest BCUT2D eigenvalue weighted by molar-refractivity contribution is 6.30. The minimum absolute atomic E-state index is 0.0362. The van der Waals surface area contributed by atoms with Crippen LogP contribution in [-0.2, 0) is 6.54 Å². The number of hydrogen-bond donors (Lipinski definition) is 1. The van der Waals surface area contributed by atoms with Gasteiger partial charge in [0.2, 0.25) is 5.89 Å². The molecule has 10 heteroatoms. The maximum absolute atomic E-state index is 13.8. The Kier molecular flexibility index (Phi) is 5.28. The van der Waals surface area contributed by atoms with Crippen molar-refractivity contribution in [2.45, 2.75) is 13.5 Å². The molecule has 0 radical (unpaired) electrons. The third-order valence-corrected chi connectivity index (χ3v) is 4.41. The molecule has 1 N–H and O–H groups in total. The monoisotopic (exact) mass is 430 g/mol. The molecule has 0 aliphatic carbocycles. The number of nitrogens with zero attached hydrogens (tertiary/aromatic N) is 3. The molecule has 152 valence electrons. The average molecular weight is 431 g/mol. The average Bonchev–Trinajstić information content (AvgIpc) is 3.36. The van der Waals surface area contributed by atoms with Crippen LogP contribution in [0.2, 0.25) is 5.02 Å². The van der Waals surface area contributed by atoms with Gasteiger partial charge in [0, 0.05) is 10.6 Å². The van der Waals surface area contributed by atoms with E-state index in [4.69, 9.17) is 20.5 Å². The van der Waals surface area contributed by atoms with Crippen LogP contribution in [-0.4, -0.2) is 21.0 Å². The van der Waals surface area contributed by atoms with Gasteiger partial charge in [0.1, 0.15) is 0 Å². The van der Waals surface area contributed by atoms with Gasteiger partial charge in [0.05, 0.1) is 17.8 Å². The van der Waals surface area contributed by atoms with Crippen LogP contribution in [0.25, 0.3) is 22.8 Å². The molecule has 7 nitrogen and oxygen atoms in total. The topological polar surface area (TPSA) is 94.1 Å². The zero-order valence-electron chi connectivity index (χ0n) is 15.4. The van der Waals surface area contributed by atoms with E-state index in [0.29, 0.717) is 16.5 Å². The molecule has 0 fully saturated rings. The molecule has 0 saturated heterocycles. The van der Waals surface area contributed by atoms with Crippen LogP contribution >= 0.6 is 11.6 Å². The van der Waals surface area contributed by atoms with E-state index >= 15 is 0 Å². The predicted octanol–water partition coefficient (Wildman–Crippen LogP) is 4.56. The summed E-state index contributed by atoms with van der Waals surface area (Å²) in [6, 6.07) is 10.6. The lowest BCUT2D eigenvalue weighted by molar-refractivity contribution is 0.0934. The number of benzene rings is 2. The Bertz CT molecular complexity index is 1220. The van der Waals surface area contributed by atoms with E-state index in [0.717, 1.165) is 11.6 Å². The number of aryl methyl sites for hydroxylation is 1. The highest BCUT2D eigenvalue weighted by Gasteiger charge is 2.20. The number of amides is 1. The maximum atomic E-state index is 13.8. The number of halogens is 3. The summed E-state index contributed by atoms with van der Waals surface area (Å²) in [5.41, 5.74) is 1.20. The first kappa shape index (κ1) is 19.7. The molecule has 0 spiro atoms. The number of carbonyl (C=O) groups excluding carboxylic acids is 1. The highest BCUT2D eigenvalue weighted by Crippen LogP contribution is 2.26. The summed E-state index contributed by atoms with van der Waals surface area (Å²) in [4.78, 5) is 20.4. The Balaban J connectivity index is 1.46. The number of rotatable bonds is 5. The third kappa shape index (κ3) is 3.92. The van der Waals surface area contributed by atoms with Crippen LogP contribution < -0.4 is 5.32 Å². The molecule has 0 aliphatic rings. The quantitative estimate of drug-likeness (QED) is 0.498. The Morgan fingerprint density at radius 3 is 2.67 bits per heavy atom. The Morgan fingerprint density at radius 1 is 1.13 bits per heavy atom. The summed E-state index contributed by atoms with van der Waals surface area (Å²) >= 11 is 5.89. The molecule has 30 heavy (non-hydrogen) atoms. The lowest BCUT2D eigenvalue weighted by atomic mass is 10.1. The van der Waals surface area contributed by atoms with Crippen LogP contribution in [0, 0.1) is 18.6 Å². The number of hydrogen-bond acceptors (Lipinski definition) is 6. The highest BCUT2D eigenvalue weighted by atomic mass is 35.5. The van der Waals surface area contributed by atoms with Crippen molar-refractivity contribution in [2.24, 2.45) is 0 Å². The van der Waals surface area contributed by atoms with Gasteiger partial charge in [-0.1, -0.05) is 22.8 Å². The van der Waals surface area contributed by atoms with Crippen LogP contribution in [0.3, 0.4) is 0 Å². The summed E-state index contributed by atoms with van der Waals surface area (Å²) in [7, 11) is 0. The zero-order valence-corrected chi connectivity index (χ0v) is 16.2. The normalized spacial score (nSPS) is 10.9. The number of nitrogens with one attached hydrogen (secondary N) is 1. The molecule has 0 saturated carbocycles. The van der Waals surface area contributed by atoms with Crippen molar-refractivity contribution in [3.05, 3.63) is 76.5 Å². The van der Waals surface area contributed by atoms with Gasteiger partial charge in [0.25, 0.3) is 17.6 Å². The van der Waals surface area contributed by atoms with E-state index < -0.39 is 17.5 Å². The molecule has 0 unspecified atom stereocenters. The molecule has 4 aromatic rings.